The fourth-order valence-electron chi connectivity index (χ4n) is 1.74. The van der Waals surface area contributed by atoms with Gasteiger partial charge in [0.15, 0.2) is 0 Å². The van der Waals surface area contributed by atoms with E-state index in [-0.39, 0.29) is 0 Å². The summed E-state index contributed by atoms with van der Waals surface area (Å²) in [6.45, 7) is 6.97. The molecule has 1 aromatic rings. The van der Waals surface area contributed by atoms with Crippen LogP contribution in [0.5, 0.6) is 0 Å². The molecule has 2 N–H and O–H groups in total. The Morgan fingerprint density at radius 3 is 2.57 bits per heavy atom. The number of nitrogens with zero attached hydrogens (tertiary/aromatic N) is 2. The zero-order valence-corrected chi connectivity index (χ0v) is 14.3. The Hall–Kier alpha value is -1.21. The van der Waals surface area contributed by atoms with Crippen LogP contribution in [0, 0.1) is 0 Å². The van der Waals surface area contributed by atoms with Crippen molar-refractivity contribution in [3.8, 4) is 0 Å². The van der Waals surface area contributed by atoms with Crippen LogP contribution in [0.4, 0.5) is 11.8 Å². The van der Waals surface area contributed by atoms with Crippen molar-refractivity contribution in [3.63, 3.8) is 0 Å². The first-order valence-electron chi connectivity index (χ1n) is 7.29. The lowest BCUT2D eigenvalue weighted by Gasteiger charge is -2.15. The summed E-state index contributed by atoms with van der Waals surface area (Å²) in [5.41, 5.74) is 0.911. The quantitative estimate of drug-likeness (QED) is 0.866. The summed E-state index contributed by atoms with van der Waals surface area (Å²) in [5.74, 6) is 1.98. The van der Waals surface area contributed by atoms with Gasteiger partial charge in [-0.2, -0.15) is 4.98 Å². The fourth-order valence-corrected chi connectivity index (χ4v) is 3.06. The number of methoxy groups -OCH3 is 1. The molecule has 0 radical (unpaired) electrons. The van der Waals surface area contributed by atoms with Crippen molar-refractivity contribution in [2.24, 2.45) is 0 Å². The van der Waals surface area contributed by atoms with Crippen LogP contribution in [0.3, 0.4) is 0 Å². The number of anilines is 2. The van der Waals surface area contributed by atoms with E-state index in [1.165, 1.54) is 0 Å². The number of ether oxygens (including phenoxy) is 1. The highest BCUT2D eigenvalue weighted by Crippen LogP contribution is 2.29. The SMILES string of the molecule is CCC(C)Nc1nc(NC)nc2c1S(=O)CC2.CCOC. The highest BCUT2D eigenvalue weighted by Gasteiger charge is 2.26. The summed E-state index contributed by atoms with van der Waals surface area (Å²) in [4.78, 5) is 9.53. The Labute approximate surface area is 129 Å². The van der Waals surface area contributed by atoms with Crippen LogP contribution in [0.25, 0.3) is 0 Å². The van der Waals surface area contributed by atoms with Gasteiger partial charge < -0.3 is 15.4 Å². The third kappa shape index (κ3) is 4.93. The van der Waals surface area contributed by atoms with Gasteiger partial charge in [0, 0.05) is 39.0 Å². The number of nitrogens with one attached hydrogen (secondary N) is 2. The van der Waals surface area contributed by atoms with Crippen molar-refractivity contribution in [2.75, 3.05) is 37.2 Å². The minimum Gasteiger partial charge on any atom is -0.385 e. The average Bonchev–Trinajstić information content (AvgIpc) is 2.88. The predicted octanol–water partition coefficient (Wildman–Crippen LogP) is 2.05. The average molecular weight is 314 g/mol. The van der Waals surface area contributed by atoms with Crippen molar-refractivity contribution in [1.29, 1.82) is 0 Å². The Morgan fingerprint density at radius 1 is 1.38 bits per heavy atom. The molecule has 0 saturated carbocycles. The van der Waals surface area contributed by atoms with Gasteiger partial charge in [0.05, 0.1) is 16.5 Å². The summed E-state index contributed by atoms with van der Waals surface area (Å²) >= 11 is 0. The molecule has 0 saturated heterocycles. The maximum Gasteiger partial charge on any atom is 0.224 e. The molecule has 2 unspecified atom stereocenters. The minimum atomic E-state index is -0.953. The van der Waals surface area contributed by atoms with Gasteiger partial charge in [0.25, 0.3) is 0 Å². The maximum atomic E-state index is 11.9. The summed E-state index contributed by atoms with van der Waals surface area (Å²) in [6.07, 6.45) is 1.77. The minimum absolute atomic E-state index is 0.316. The molecule has 2 atom stereocenters. The van der Waals surface area contributed by atoms with Crippen LogP contribution < -0.4 is 10.6 Å². The first-order chi connectivity index (χ1) is 10.1. The van der Waals surface area contributed by atoms with E-state index in [9.17, 15) is 4.21 Å². The Morgan fingerprint density at radius 2 is 2.05 bits per heavy atom. The molecular formula is C14H26N4O2S. The van der Waals surface area contributed by atoms with E-state index < -0.39 is 10.8 Å². The third-order valence-electron chi connectivity index (χ3n) is 3.20. The lowest BCUT2D eigenvalue weighted by molar-refractivity contribution is 0.215. The first-order valence-corrected chi connectivity index (χ1v) is 8.61. The second kappa shape index (κ2) is 8.94. The highest BCUT2D eigenvalue weighted by molar-refractivity contribution is 7.85. The van der Waals surface area contributed by atoms with Crippen LogP contribution in [0.1, 0.15) is 32.9 Å². The molecule has 2 heterocycles. The summed E-state index contributed by atoms with van der Waals surface area (Å²) in [5, 5.41) is 6.25. The molecule has 2 rings (SSSR count). The second-order valence-electron chi connectivity index (χ2n) is 4.75. The predicted molar refractivity (Wildman–Crippen MR) is 87.5 cm³/mol. The van der Waals surface area contributed by atoms with Gasteiger partial charge >= 0.3 is 0 Å². The molecule has 0 bridgehead atoms. The molecule has 0 spiro atoms. The Balaban J connectivity index is 0.000000491. The van der Waals surface area contributed by atoms with E-state index in [4.69, 9.17) is 0 Å². The molecule has 1 aromatic heterocycles. The van der Waals surface area contributed by atoms with Crippen molar-refractivity contribution < 1.29 is 8.95 Å². The number of hydrogen-bond acceptors (Lipinski definition) is 6. The zero-order valence-electron chi connectivity index (χ0n) is 13.5. The van der Waals surface area contributed by atoms with Crippen molar-refractivity contribution in [1.82, 2.24) is 9.97 Å². The normalized spacial score (nSPS) is 17.5. The van der Waals surface area contributed by atoms with Gasteiger partial charge in [-0.1, -0.05) is 6.92 Å². The molecular weight excluding hydrogens is 288 g/mol. The molecule has 0 aromatic carbocycles. The number of hydrogen-bond donors (Lipinski definition) is 2. The number of aryl methyl sites for hydroxylation is 1. The highest BCUT2D eigenvalue weighted by atomic mass is 32.2. The van der Waals surface area contributed by atoms with E-state index in [2.05, 4.69) is 39.2 Å². The van der Waals surface area contributed by atoms with Crippen LogP contribution in [-0.4, -0.2) is 46.7 Å². The van der Waals surface area contributed by atoms with E-state index in [1.54, 1.807) is 14.2 Å². The topological polar surface area (TPSA) is 76.1 Å². The van der Waals surface area contributed by atoms with Crippen molar-refractivity contribution in [2.45, 2.75) is 44.6 Å². The lowest BCUT2D eigenvalue weighted by Crippen LogP contribution is -2.17. The first kappa shape index (κ1) is 17.8. The Bertz CT molecular complexity index is 480. The third-order valence-corrected chi connectivity index (χ3v) is 4.65. The largest absolute Gasteiger partial charge is 0.385 e. The molecule has 1 aliphatic rings. The van der Waals surface area contributed by atoms with Gasteiger partial charge in [0.1, 0.15) is 10.7 Å². The molecule has 7 heteroatoms. The number of fused-ring (bicyclic) bond motifs is 1. The van der Waals surface area contributed by atoms with Gasteiger partial charge in [0.2, 0.25) is 5.95 Å². The van der Waals surface area contributed by atoms with E-state index >= 15 is 0 Å². The van der Waals surface area contributed by atoms with Gasteiger partial charge in [-0.25, -0.2) is 4.98 Å². The molecule has 6 nitrogen and oxygen atoms in total. The van der Waals surface area contributed by atoms with Crippen molar-refractivity contribution >= 4 is 22.6 Å². The number of aromatic nitrogens is 2. The molecule has 0 fully saturated rings. The standard InChI is InChI=1S/C11H18N4OS.C3H8O/c1-4-7(2)13-10-9-8(5-6-17(9)16)14-11(12-3)15-10;1-3-4-2/h7H,4-6H2,1-3H3,(H2,12,13,14,15);3H2,1-2H3. The maximum absolute atomic E-state index is 11.9. The summed E-state index contributed by atoms with van der Waals surface area (Å²) < 4.78 is 16.5. The summed E-state index contributed by atoms with van der Waals surface area (Å²) in [6, 6.07) is 0.316. The fraction of sp³-hybridized carbons (Fsp3) is 0.714. The van der Waals surface area contributed by atoms with E-state index in [1.807, 2.05) is 6.92 Å². The molecule has 1 aliphatic heterocycles. The van der Waals surface area contributed by atoms with E-state index in [0.717, 1.165) is 35.9 Å². The van der Waals surface area contributed by atoms with Crippen LogP contribution >= 0.6 is 0 Å². The van der Waals surface area contributed by atoms with Gasteiger partial charge in [-0.3, -0.25) is 4.21 Å². The van der Waals surface area contributed by atoms with Crippen LogP contribution in [0.2, 0.25) is 0 Å². The van der Waals surface area contributed by atoms with Crippen LogP contribution in [-0.2, 0) is 22.0 Å². The Kier molecular flexibility index (Phi) is 7.60. The van der Waals surface area contributed by atoms with Crippen molar-refractivity contribution in [3.05, 3.63) is 5.69 Å². The smallest absolute Gasteiger partial charge is 0.224 e. The molecule has 21 heavy (non-hydrogen) atoms. The zero-order chi connectivity index (χ0) is 15.8. The molecule has 0 aliphatic carbocycles. The molecule has 120 valence electrons. The van der Waals surface area contributed by atoms with Gasteiger partial charge in [-0.05, 0) is 20.3 Å². The van der Waals surface area contributed by atoms with Crippen LogP contribution in [0.15, 0.2) is 4.90 Å². The number of rotatable bonds is 5. The second-order valence-corrected chi connectivity index (χ2v) is 6.26. The summed E-state index contributed by atoms with van der Waals surface area (Å²) in [7, 11) is 2.52. The monoisotopic (exact) mass is 314 g/mol. The molecule has 0 amide bonds. The lowest BCUT2D eigenvalue weighted by atomic mass is 10.2. The van der Waals surface area contributed by atoms with E-state index in [0.29, 0.717) is 17.7 Å². The van der Waals surface area contributed by atoms with Gasteiger partial charge in [-0.15, -0.1) is 0 Å².